The smallest absolute Gasteiger partial charge is 0.327 e. The van der Waals surface area contributed by atoms with Gasteiger partial charge in [-0.05, 0) is 37.0 Å². The summed E-state index contributed by atoms with van der Waals surface area (Å²) in [7, 11) is 0. The Kier molecular flexibility index (Phi) is 4.21. The topological polar surface area (TPSA) is 57.6 Å². The van der Waals surface area contributed by atoms with Crippen molar-refractivity contribution in [3.8, 4) is 0 Å². The summed E-state index contributed by atoms with van der Waals surface area (Å²) in [6.07, 6.45) is 2.11. The third kappa shape index (κ3) is 2.94. The molecule has 2 unspecified atom stereocenters. The first-order chi connectivity index (χ1) is 9.99. The van der Waals surface area contributed by atoms with E-state index in [2.05, 4.69) is 15.9 Å². The SMILES string of the molecule is O=C(O)C1CSC(C2CC2)N1C(=O)c1cc(Br)ccc1Cl. The fraction of sp³-hybridized carbons (Fsp3) is 0.429. The van der Waals surface area contributed by atoms with Crippen LogP contribution in [0.5, 0.6) is 0 Å². The minimum absolute atomic E-state index is 0.0475. The first kappa shape index (κ1) is 15.2. The van der Waals surface area contributed by atoms with Crippen LogP contribution in [0.25, 0.3) is 0 Å². The zero-order chi connectivity index (χ0) is 15.1. The summed E-state index contributed by atoms with van der Waals surface area (Å²) in [4.78, 5) is 25.8. The minimum Gasteiger partial charge on any atom is -0.480 e. The van der Waals surface area contributed by atoms with Gasteiger partial charge in [-0.1, -0.05) is 27.5 Å². The molecule has 0 bridgehead atoms. The predicted octanol–water partition coefficient (Wildman–Crippen LogP) is 3.48. The Morgan fingerprint density at radius 3 is 2.71 bits per heavy atom. The molecular formula is C14H13BrClNO3S. The average Bonchev–Trinajstić information content (AvgIpc) is 3.19. The van der Waals surface area contributed by atoms with Gasteiger partial charge in [0.05, 0.1) is 16.0 Å². The van der Waals surface area contributed by atoms with Crippen LogP contribution in [-0.2, 0) is 4.79 Å². The molecule has 0 spiro atoms. The highest BCUT2D eigenvalue weighted by Crippen LogP contribution is 2.46. The summed E-state index contributed by atoms with van der Waals surface area (Å²) in [5.41, 5.74) is 0.352. The molecule has 0 aromatic heterocycles. The van der Waals surface area contributed by atoms with E-state index in [0.717, 1.165) is 17.3 Å². The highest BCUT2D eigenvalue weighted by molar-refractivity contribution is 9.10. The Morgan fingerprint density at radius 2 is 2.10 bits per heavy atom. The second kappa shape index (κ2) is 5.82. The van der Waals surface area contributed by atoms with Crippen molar-refractivity contribution >= 4 is 51.2 Å². The summed E-state index contributed by atoms with van der Waals surface area (Å²) in [6, 6.07) is 4.27. The Morgan fingerprint density at radius 1 is 1.38 bits per heavy atom. The molecule has 1 heterocycles. The number of benzene rings is 1. The summed E-state index contributed by atoms with van der Waals surface area (Å²) in [6.45, 7) is 0. The number of carbonyl (C=O) groups excluding carboxylic acids is 1. The maximum Gasteiger partial charge on any atom is 0.327 e. The lowest BCUT2D eigenvalue weighted by Gasteiger charge is -2.27. The van der Waals surface area contributed by atoms with E-state index in [1.54, 1.807) is 30.0 Å². The van der Waals surface area contributed by atoms with Crippen molar-refractivity contribution in [3.05, 3.63) is 33.3 Å². The monoisotopic (exact) mass is 389 g/mol. The van der Waals surface area contributed by atoms with Gasteiger partial charge in [-0.2, -0.15) is 0 Å². The van der Waals surface area contributed by atoms with Gasteiger partial charge in [-0.25, -0.2) is 4.79 Å². The van der Waals surface area contributed by atoms with Crippen LogP contribution in [0.1, 0.15) is 23.2 Å². The second-order valence-corrected chi connectivity index (χ2v) is 7.72. The van der Waals surface area contributed by atoms with E-state index < -0.39 is 12.0 Å². The average molecular weight is 391 g/mol. The number of carbonyl (C=O) groups is 2. The molecule has 1 aromatic carbocycles. The lowest BCUT2D eigenvalue weighted by atomic mass is 10.1. The van der Waals surface area contributed by atoms with E-state index in [0.29, 0.717) is 22.3 Å². The fourth-order valence-electron chi connectivity index (χ4n) is 2.52. The molecule has 1 aliphatic heterocycles. The molecule has 4 nitrogen and oxygen atoms in total. The van der Waals surface area contributed by atoms with E-state index in [9.17, 15) is 14.7 Å². The number of nitrogens with zero attached hydrogens (tertiary/aromatic N) is 1. The van der Waals surface area contributed by atoms with Gasteiger partial charge >= 0.3 is 5.97 Å². The molecule has 3 rings (SSSR count). The van der Waals surface area contributed by atoms with Crippen molar-refractivity contribution in [1.82, 2.24) is 4.90 Å². The van der Waals surface area contributed by atoms with Crippen LogP contribution < -0.4 is 0 Å². The van der Waals surface area contributed by atoms with Crippen LogP contribution in [0, 0.1) is 5.92 Å². The molecular weight excluding hydrogens is 378 g/mol. The second-order valence-electron chi connectivity index (χ2n) is 5.25. The lowest BCUT2D eigenvalue weighted by Crippen LogP contribution is -2.46. The third-order valence-electron chi connectivity index (χ3n) is 3.74. The number of amides is 1. The molecule has 2 atom stereocenters. The van der Waals surface area contributed by atoms with E-state index in [4.69, 9.17) is 11.6 Å². The number of carboxylic acids is 1. The van der Waals surface area contributed by atoms with E-state index >= 15 is 0 Å². The van der Waals surface area contributed by atoms with Crippen LogP contribution >= 0.6 is 39.3 Å². The third-order valence-corrected chi connectivity index (χ3v) is 6.02. The summed E-state index contributed by atoms with van der Waals surface area (Å²) >= 11 is 11.0. The Hall–Kier alpha value is -0.720. The molecule has 1 saturated heterocycles. The molecule has 1 N–H and O–H groups in total. The number of rotatable bonds is 3. The predicted molar refractivity (Wildman–Crippen MR) is 85.7 cm³/mol. The zero-order valence-corrected chi connectivity index (χ0v) is 14.1. The van der Waals surface area contributed by atoms with Gasteiger partial charge < -0.3 is 10.0 Å². The van der Waals surface area contributed by atoms with Crippen molar-refractivity contribution < 1.29 is 14.7 Å². The van der Waals surface area contributed by atoms with Crippen molar-refractivity contribution in [3.63, 3.8) is 0 Å². The van der Waals surface area contributed by atoms with Gasteiger partial charge in [0.15, 0.2) is 0 Å². The normalized spacial score (nSPS) is 25.1. The Labute approximate surface area is 140 Å². The molecule has 1 saturated carbocycles. The highest BCUT2D eigenvalue weighted by Gasteiger charge is 2.48. The molecule has 1 aromatic rings. The molecule has 21 heavy (non-hydrogen) atoms. The molecule has 0 radical (unpaired) electrons. The van der Waals surface area contributed by atoms with E-state index in [1.165, 1.54) is 4.90 Å². The highest BCUT2D eigenvalue weighted by atomic mass is 79.9. The molecule has 112 valence electrons. The zero-order valence-electron chi connectivity index (χ0n) is 11.0. The molecule has 2 fully saturated rings. The van der Waals surface area contributed by atoms with E-state index in [1.807, 2.05) is 0 Å². The van der Waals surface area contributed by atoms with Crippen molar-refractivity contribution in [2.75, 3.05) is 5.75 Å². The van der Waals surface area contributed by atoms with Gasteiger partial charge in [0.1, 0.15) is 6.04 Å². The minimum atomic E-state index is -0.954. The molecule has 1 amide bonds. The first-order valence-corrected chi connectivity index (χ1v) is 8.83. The fourth-order valence-corrected chi connectivity index (χ4v) is 4.71. The molecule has 1 aliphatic carbocycles. The van der Waals surface area contributed by atoms with Gasteiger partial charge in [0.2, 0.25) is 0 Å². The van der Waals surface area contributed by atoms with Crippen LogP contribution in [-0.4, -0.2) is 39.1 Å². The standard InChI is InChI=1S/C14H13BrClNO3S/c15-8-3-4-10(16)9(5-8)12(18)17-11(14(19)20)6-21-13(17)7-1-2-7/h3-5,7,11,13H,1-2,6H2,(H,19,20). The van der Waals surface area contributed by atoms with Gasteiger partial charge in [0, 0.05) is 10.2 Å². The maximum absolute atomic E-state index is 12.8. The quantitative estimate of drug-likeness (QED) is 0.858. The van der Waals surface area contributed by atoms with Crippen molar-refractivity contribution in [2.45, 2.75) is 24.3 Å². The van der Waals surface area contributed by atoms with Crippen LogP contribution in [0.2, 0.25) is 5.02 Å². The maximum atomic E-state index is 12.8. The largest absolute Gasteiger partial charge is 0.480 e. The van der Waals surface area contributed by atoms with Gasteiger partial charge in [-0.3, -0.25) is 4.79 Å². The number of carboxylic acid groups (broad SMARTS) is 1. The van der Waals surface area contributed by atoms with Crippen LogP contribution in [0.4, 0.5) is 0 Å². The Bertz CT molecular complexity index is 608. The summed E-state index contributed by atoms with van der Waals surface area (Å²) in [5, 5.41) is 9.67. The summed E-state index contributed by atoms with van der Waals surface area (Å²) in [5.74, 6) is -0.400. The first-order valence-electron chi connectivity index (χ1n) is 6.61. The summed E-state index contributed by atoms with van der Waals surface area (Å²) < 4.78 is 0.747. The number of hydrogen-bond donors (Lipinski definition) is 1. The van der Waals surface area contributed by atoms with Crippen molar-refractivity contribution in [1.29, 1.82) is 0 Å². The van der Waals surface area contributed by atoms with Crippen LogP contribution in [0.15, 0.2) is 22.7 Å². The van der Waals surface area contributed by atoms with Gasteiger partial charge in [-0.15, -0.1) is 11.8 Å². The molecule has 2 aliphatic rings. The van der Waals surface area contributed by atoms with Gasteiger partial charge in [0.25, 0.3) is 5.91 Å². The number of hydrogen-bond acceptors (Lipinski definition) is 3. The number of thioether (sulfide) groups is 1. The Balaban J connectivity index is 1.95. The lowest BCUT2D eigenvalue weighted by molar-refractivity contribution is -0.141. The van der Waals surface area contributed by atoms with E-state index in [-0.39, 0.29) is 11.3 Å². The van der Waals surface area contributed by atoms with Crippen molar-refractivity contribution in [2.24, 2.45) is 5.92 Å². The number of halogens is 2. The van der Waals surface area contributed by atoms with Crippen LogP contribution in [0.3, 0.4) is 0 Å². The number of aliphatic carboxylic acids is 1. The molecule has 7 heteroatoms.